The average molecular weight is 380 g/mol. The molecule has 2 aromatic carbocycles. The van der Waals surface area contributed by atoms with Gasteiger partial charge in [-0.05, 0) is 29.8 Å². The molecular weight excluding hydrogens is 370 g/mol. The van der Waals surface area contributed by atoms with Crippen molar-refractivity contribution in [2.45, 2.75) is 12.7 Å². The van der Waals surface area contributed by atoms with Crippen molar-refractivity contribution in [1.82, 2.24) is 0 Å². The van der Waals surface area contributed by atoms with Gasteiger partial charge in [-0.2, -0.15) is 0 Å². The largest absolute Gasteiger partial charge is 0.479 e. The topological polar surface area (TPSA) is 46.5 Å². The number of carboxylic acid groups (broad SMARTS) is 1. The molecular formula is C15H10Cl4O3. The van der Waals surface area contributed by atoms with Gasteiger partial charge in [0.1, 0.15) is 0 Å². The van der Waals surface area contributed by atoms with Gasteiger partial charge in [-0.3, -0.25) is 0 Å². The zero-order chi connectivity index (χ0) is 16.3. The fraction of sp³-hybridized carbons (Fsp3) is 0.133. The second kappa shape index (κ2) is 7.53. The van der Waals surface area contributed by atoms with Gasteiger partial charge >= 0.3 is 5.97 Å². The summed E-state index contributed by atoms with van der Waals surface area (Å²) in [6, 6.07) is 9.42. The molecule has 0 aromatic heterocycles. The highest BCUT2D eigenvalue weighted by atomic mass is 35.5. The van der Waals surface area contributed by atoms with Gasteiger partial charge < -0.3 is 9.84 Å². The summed E-state index contributed by atoms with van der Waals surface area (Å²) in [5.41, 5.74) is 0.950. The van der Waals surface area contributed by atoms with Crippen LogP contribution in [0.1, 0.15) is 17.2 Å². The van der Waals surface area contributed by atoms with Gasteiger partial charge in [0.15, 0.2) is 6.10 Å². The summed E-state index contributed by atoms with van der Waals surface area (Å²) in [7, 11) is 0. The van der Waals surface area contributed by atoms with E-state index in [-0.39, 0.29) is 11.6 Å². The number of hydrogen-bond donors (Lipinski definition) is 1. The van der Waals surface area contributed by atoms with E-state index in [1.807, 2.05) is 0 Å². The molecule has 0 fully saturated rings. The first-order chi connectivity index (χ1) is 10.4. The zero-order valence-electron chi connectivity index (χ0n) is 11.0. The number of carboxylic acids is 1. The third-order valence-electron chi connectivity index (χ3n) is 2.89. The van der Waals surface area contributed by atoms with Crippen LogP contribution in [0.2, 0.25) is 20.1 Å². The predicted molar refractivity (Wildman–Crippen MR) is 88.1 cm³/mol. The average Bonchev–Trinajstić information content (AvgIpc) is 2.42. The van der Waals surface area contributed by atoms with Gasteiger partial charge in [0.2, 0.25) is 0 Å². The van der Waals surface area contributed by atoms with Gasteiger partial charge in [0, 0.05) is 25.7 Å². The zero-order valence-corrected chi connectivity index (χ0v) is 14.0. The fourth-order valence-corrected chi connectivity index (χ4v) is 2.79. The third kappa shape index (κ3) is 4.28. The van der Waals surface area contributed by atoms with Crippen LogP contribution in [-0.2, 0) is 16.1 Å². The maximum atomic E-state index is 11.4. The van der Waals surface area contributed by atoms with Crippen molar-refractivity contribution >= 4 is 52.4 Å². The lowest BCUT2D eigenvalue weighted by Gasteiger charge is -2.16. The van der Waals surface area contributed by atoms with Crippen molar-refractivity contribution < 1.29 is 14.6 Å². The normalized spacial score (nSPS) is 12.2. The molecule has 3 nitrogen and oxygen atoms in total. The number of halogens is 4. The molecule has 0 aliphatic rings. The molecule has 0 saturated heterocycles. The van der Waals surface area contributed by atoms with E-state index in [4.69, 9.17) is 51.1 Å². The molecule has 7 heteroatoms. The van der Waals surface area contributed by atoms with Crippen LogP contribution in [-0.4, -0.2) is 11.1 Å². The van der Waals surface area contributed by atoms with E-state index in [1.54, 1.807) is 24.3 Å². The first-order valence-electron chi connectivity index (χ1n) is 6.12. The van der Waals surface area contributed by atoms with Crippen LogP contribution >= 0.6 is 46.4 Å². The Morgan fingerprint density at radius 2 is 1.59 bits per heavy atom. The van der Waals surface area contributed by atoms with E-state index in [0.29, 0.717) is 26.2 Å². The molecule has 0 spiro atoms. The smallest absolute Gasteiger partial charge is 0.337 e. The van der Waals surface area contributed by atoms with Gasteiger partial charge in [-0.1, -0.05) is 58.5 Å². The molecule has 2 aromatic rings. The molecule has 0 bridgehead atoms. The van der Waals surface area contributed by atoms with Gasteiger partial charge in [-0.25, -0.2) is 4.79 Å². The maximum Gasteiger partial charge on any atom is 0.337 e. The molecule has 0 aliphatic carbocycles. The van der Waals surface area contributed by atoms with E-state index < -0.39 is 12.1 Å². The summed E-state index contributed by atoms with van der Waals surface area (Å²) in [5.74, 6) is -1.16. The van der Waals surface area contributed by atoms with Crippen molar-refractivity contribution in [2.75, 3.05) is 0 Å². The van der Waals surface area contributed by atoms with Gasteiger partial charge in [0.25, 0.3) is 0 Å². The van der Waals surface area contributed by atoms with Crippen molar-refractivity contribution in [3.05, 3.63) is 67.6 Å². The highest BCUT2D eigenvalue weighted by molar-refractivity contribution is 6.35. The molecule has 1 atom stereocenters. The number of hydrogen-bond acceptors (Lipinski definition) is 2. The van der Waals surface area contributed by atoms with E-state index in [0.717, 1.165) is 0 Å². The molecule has 0 aliphatic heterocycles. The number of aliphatic carboxylic acids is 1. The Kier molecular flexibility index (Phi) is 5.95. The summed E-state index contributed by atoms with van der Waals surface area (Å²) < 4.78 is 5.46. The summed E-state index contributed by atoms with van der Waals surface area (Å²) in [4.78, 5) is 11.4. The van der Waals surface area contributed by atoms with Gasteiger partial charge in [-0.15, -0.1) is 0 Å². The summed E-state index contributed by atoms with van der Waals surface area (Å²) in [6.45, 7) is 0.00588. The Bertz CT molecular complexity index is 703. The minimum Gasteiger partial charge on any atom is -0.479 e. The maximum absolute atomic E-state index is 11.4. The number of carbonyl (C=O) groups is 1. The van der Waals surface area contributed by atoms with Crippen LogP contribution in [0.5, 0.6) is 0 Å². The Morgan fingerprint density at radius 1 is 1.00 bits per heavy atom. The highest BCUT2D eigenvalue weighted by Gasteiger charge is 2.23. The molecule has 0 radical (unpaired) electrons. The quantitative estimate of drug-likeness (QED) is 0.730. The molecule has 2 rings (SSSR count). The lowest BCUT2D eigenvalue weighted by molar-refractivity contribution is -0.151. The molecule has 22 heavy (non-hydrogen) atoms. The van der Waals surface area contributed by atoms with E-state index in [9.17, 15) is 9.90 Å². The van der Waals surface area contributed by atoms with E-state index in [2.05, 4.69) is 0 Å². The summed E-state index contributed by atoms with van der Waals surface area (Å²) in [5, 5.41) is 10.9. The van der Waals surface area contributed by atoms with Crippen molar-refractivity contribution in [3.8, 4) is 0 Å². The monoisotopic (exact) mass is 378 g/mol. The predicted octanol–water partition coefficient (Wildman–Crippen LogP) is 5.64. The summed E-state index contributed by atoms with van der Waals surface area (Å²) in [6.07, 6.45) is -1.23. The minimum absolute atomic E-state index is 0.00588. The lowest BCUT2D eigenvalue weighted by Crippen LogP contribution is -2.16. The van der Waals surface area contributed by atoms with Crippen LogP contribution in [0.4, 0.5) is 0 Å². The van der Waals surface area contributed by atoms with Gasteiger partial charge in [0.05, 0.1) is 6.61 Å². The molecule has 0 heterocycles. The Balaban J connectivity index is 2.21. The molecule has 0 saturated carbocycles. The Morgan fingerprint density at radius 3 is 2.14 bits per heavy atom. The number of rotatable bonds is 5. The summed E-state index contributed by atoms with van der Waals surface area (Å²) >= 11 is 23.7. The third-order valence-corrected chi connectivity index (χ3v) is 4.04. The number of benzene rings is 2. The van der Waals surface area contributed by atoms with E-state index >= 15 is 0 Å². The molecule has 1 N–H and O–H groups in total. The Hall–Kier alpha value is -0.970. The molecule has 1 unspecified atom stereocenters. The fourth-order valence-electron chi connectivity index (χ4n) is 1.82. The van der Waals surface area contributed by atoms with Crippen LogP contribution in [0, 0.1) is 0 Å². The lowest BCUT2D eigenvalue weighted by atomic mass is 10.1. The van der Waals surface area contributed by atoms with Crippen LogP contribution in [0.3, 0.4) is 0 Å². The first-order valence-corrected chi connectivity index (χ1v) is 7.63. The van der Waals surface area contributed by atoms with Crippen molar-refractivity contribution in [1.29, 1.82) is 0 Å². The van der Waals surface area contributed by atoms with Crippen LogP contribution in [0.25, 0.3) is 0 Å². The standard InChI is InChI=1S/C15H10Cl4O3/c16-9-2-1-8(12(18)5-9)7-22-14(15(20)21)11-4-3-10(17)6-13(11)19/h1-6,14H,7H2,(H,20,21). The van der Waals surface area contributed by atoms with Crippen molar-refractivity contribution in [3.63, 3.8) is 0 Å². The minimum atomic E-state index is -1.23. The Labute approximate surface area is 147 Å². The van der Waals surface area contributed by atoms with Crippen LogP contribution in [0.15, 0.2) is 36.4 Å². The second-order valence-corrected chi connectivity index (χ2v) is 6.12. The van der Waals surface area contributed by atoms with E-state index in [1.165, 1.54) is 12.1 Å². The highest BCUT2D eigenvalue weighted by Crippen LogP contribution is 2.30. The molecule has 116 valence electrons. The molecule has 0 amide bonds. The SMILES string of the molecule is O=C(O)C(OCc1ccc(Cl)cc1Cl)c1ccc(Cl)cc1Cl. The van der Waals surface area contributed by atoms with Crippen LogP contribution < -0.4 is 0 Å². The van der Waals surface area contributed by atoms with Crippen molar-refractivity contribution in [2.24, 2.45) is 0 Å². The second-order valence-electron chi connectivity index (χ2n) is 4.43. The first kappa shape index (κ1) is 17.4. The number of ether oxygens (including phenoxy) is 1.